The van der Waals surface area contributed by atoms with Crippen molar-refractivity contribution in [1.29, 1.82) is 0 Å². The van der Waals surface area contributed by atoms with Crippen LogP contribution in [0.25, 0.3) is 0 Å². The van der Waals surface area contributed by atoms with E-state index in [0.29, 0.717) is 18.1 Å². The van der Waals surface area contributed by atoms with Gasteiger partial charge in [-0.2, -0.15) is 0 Å². The van der Waals surface area contributed by atoms with Crippen LogP contribution >= 0.6 is 11.6 Å². The summed E-state index contributed by atoms with van der Waals surface area (Å²) in [5, 5.41) is 0.804. The van der Waals surface area contributed by atoms with E-state index in [4.69, 9.17) is 11.6 Å². The van der Waals surface area contributed by atoms with Gasteiger partial charge in [0.2, 0.25) is 0 Å². The molecule has 2 rings (SSSR count). The molecule has 1 nitrogen and oxygen atoms in total. The lowest BCUT2D eigenvalue weighted by atomic mass is 9.96. The van der Waals surface area contributed by atoms with E-state index in [2.05, 4.69) is 6.07 Å². The van der Waals surface area contributed by atoms with Crippen LogP contribution in [0.4, 0.5) is 0 Å². The second kappa shape index (κ2) is 3.74. The fraction of sp³-hybridized carbons (Fsp3) is 0.417. The molecule has 0 spiro atoms. The van der Waals surface area contributed by atoms with E-state index in [-0.39, 0.29) is 0 Å². The summed E-state index contributed by atoms with van der Waals surface area (Å²) in [5.41, 5.74) is 2.36. The van der Waals surface area contributed by atoms with Gasteiger partial charge in [-0.1, -0.05) is 23.7 Å². The SMILES string of the molecule is Cc1cc(C2CCC(=O)C2)ccc1Cl. The predicted octanol–water partition coefficient (Wildman–Crippen LogP) is 3.49. The molecule has 0 saturated heterocycles. The molecule has 1 saturated carbocycles. The highest BCUT2D eigenvalue weighted by molar-refractivity contribution is 6.31. The topological polar surface area (TPSA) is 17.1 Å². The molecule has 0 bridgehead atoms. The van der Waals surface area contributed by atoms with Gasteiger partial charge in [0.1, 0.15) is 5.78 Å². The highest BCUT2D eigenvalue weighted by atomic mass is 35.5. The molecule has 1 aromatic carbocycles. The van der Waals surface area contributed by atoms with E-state index in [0.717, 1.165) is 23.4 Å². The molecule has 14 heavy (non-hydrogen) atoms. The molecule has 0 amide bonds. The Morgan fingerprint density at radius 1 is 1.43 bits per heavy atom. The molecular weight excluding hydrogens is 196 g/mol. The molecule has 1 atom stereocenters. The van der Waals surface area contributed by atoms with Crippen molar-refractivity contribution in [2.45, 2.75) is 32.1 Å². The molecule has 1 aliphatic carbocycles. The number of carbonyl (C=O) groups excluding carboxylic acids is 1. The molecule has 0 heterocycles. The van der Waals surface area contributed by atoms with E-state index in [1.165, 1.54) is 5.56 Å². The summed E-state index contributed by atoms with van der Waals surface area (Å²) in [7, 11) is 0. The average molecular weight is 209 g/mol. The Labute approximate surface area is 89.1 Å². The standard InChI is InChI=1S/C12H13ClO/c1-8-6-9(3-5-12(8)13)10-2-4-11(14)7-10/h3,5-6,10H,2,4,7H2,1H3. The third-order valence-corrected chi connectivity index (χ3v) is 3.32. The third kappa shape index (κ3) is 1.83. The highest BCUT2D eigenvalue weighted by Crippen LogP contribution is 2.33. The zero-order valence-electron chi connectivity index (χ0n) is 8.22. The zero-order valence-corrected chi connectivity index (χ0v) is 8.97. The number of carbonyl (C=O) groups is 1. The fourth-order valence-corrected chi connectivity index (χ4v) is 2.14. The molecule has 1 aromatic rings. The number of ketones is 1. The van der Waals surface area contributed by atoms with Crippen molar-refractivity contribution in [3.8, 4) is 0 Å². The van der Waals surface area contributed by atoms with Crippen LogP contribution < -0.4 is 0 Å². The minimum absolute atomic E-state index is 0.391. The maximum absolute atomic E-state index is 11.2. The summed E-state index contributed by atoms with van der Waals surface area (Å²) in [6.07, 6.45) is 2.45. The number of Topliss-reactive ketones (excluding diaryl/α,β-unsaturated/α-hetero) is 1. The smallest absolute Gasteiger partial charge is 0.133 e. The van der Waals surface area contributed by atoms with Crippen LogP contribution in [0.1, 0.15) is 36.3 Å². The summed E-state index contributed by atoms with van der Waals surface area (Å²) < 4.78 is 0. The van der Waals surface area contributed by atoms with Gasteiger partial charge in [0.05, 0.1) is 0 Å². The molecule has 1 unspecified atom stereocenters. The lowest BCUT2D eigenvalue weighted by Crippen LogP contribution is -1.94. The first-order chi connectivity index (χ1) is 6.66. The van der Waals surface area contributed by atoms with E-state index in [9.17, 15) is 4.79 Å². The normalized spacial score (nSPS) is 21.6. The van der Waals surface area contributed by atoms with Crippen molar-refractivity contribution in [2.24, 2.45) is 0 Å². The van der Waals surface area contributed by atoms with Gasteiger partial charge >= 0.3 is 0 Å². The minimum atomic E-state index is 0.391. The third-order valence-electron chi connectivity index (χ3n) is 2.90. The van der Waals surface area contributed by atoms with E-state index in [1.807, 2.05) is 19.1 Å². The number of halogens is 1. The van der Waals surface area contributed by atoms with E-state index < -0.39 is 0 Å². The quantitative estimate of drug-likeness (QED) is 0.691. The first-order valence-corrected chi connectivity index (χ1v) is 5.32. The number of hydrogen-bond acceptors (Lipinski definition) is 1. The zero-order chi connectivity index (χ0) is 10.1. The first-order valence-electron chi connectivity index (χ1n) is 4.94. The van der Waals surface area contributed by atoms with Gasteiger partial charge < -0.3 is 0 Å². The van der Waals surface area contributed by atoms with Crippen LogP contribution in [0, 0.1) is 6.92 Å². The van der Waals surface area contributed by atoms with Crippen LogP contribution in [0.15, 0.2) is 18.2 Å². The number of hydrogen-bond donors (Lipinski definition) is 0. The second-order valence-electron chi connectivity index (χ2n) is 3.99. The van der Waals surface area contributed by atoms with Crippen molar-refractivity contribution >= 4 is 17.4 Å². The Kier molecular flexibility index (Phi) is 2.60. The molecule has 0 aromatic heterocycles. The Hall–Kier alpha value is -0.820. The van der Waals surface area contributed by atoms with E-state index >= 15 is 0 Å². The molecule has 0 radical (unpaired) electrons. The van der Waals surface area contributed by atoms with Crippen molar-refractivity contribution in [2.75, 3.05) is 0 Å². The van der Waals surface area contributed by atoms with Gasteiger partial charge in [-0.25, -0.2) is 0 Å². The largest absolute Gasteiger partial charge is 0.300 e. The second-order valence-corrected chi connectivity index (χ2v) is 4.39. The van der Waals surface area contributed by atoms with Crippen LogP contribution in [-0.4, -0.2) is 5.78 Å². The monoisotopic (exact) mass is 208 g/mol. The van der Waals surface area contributed by atoms with Crippen LogP contribution in [0.2, 0.25) is 5.02 Å². The van der Waals surface area contributed by atoms with Crippen molar-refractivity contribution < 1.29 is 4.79 Å². The van der Waals surface area contributed by atoms with Gasteiger partial charge in [-0.15, -0.1) is 0 Å². The number of benzene rings is 1. The van der Waals surface area contributed by atoms with Gasteiger partial charge in [-0.3, -0.25) is 4.79 Å². The summed E-state index contributed by atoms with van der Waals surface area (Å²) in [4.78, 5) is 11.2. The Morgan fingerprint density at radius 3 is 2.79 bits per heavy atom. The molecule has 2 heteroatoms. The number of rotatable bonds is 1. The van der Waals surface area contributed by atoms with Crippen molar-refractivity contribution in [3.63, 3.8) is 0 Å². The number of aryl methyl sites for hydroxylation is 1. The maximum Gasteiger partial charge on any atom is 0.133 e. The lowest BCUT2D eigenvalue weighted by molar-refractivity contribution is -0.117. The van der Waals surface area contributed by atoms with E-state index in [1.54, 1.807) is 0 Å². The van der Waals surface area contributed by atoms with Gasteiger partial charge in [0.25, 0.3) is 0 Å². The molecule has 0 N–H and O–H groups in total. The summed E-state index contributed by atoms with van der Waals surface area (Å²) in [6.45, 7) is 2.00. The predicted molar refractivity (Wildman–Crippen MR) is 57.8 cm³/mol. The first kappa shape index (κ1) is 9.72. The Bertz CT molecular complexity index is 371. The lowest BCUT2D eigenvalue weighted by Gasteiger charge is -2.09. The highest BCUT2D eigenvalue weighted by Gasteiger charge is 2.23. The van der Waals surface area contributed by atoms with Gasteiger partial charge in [0.15, 0.2) is 0 Å². The molecule has 74 valence electrons. The molecule has 1 fully saturated rings. The van der Waals surface area contributed by atoms with Gasteiger partial charge in [0, 0.05) is 17.9 Å². The van der Waals surface area contributed by atoms with Crippen LogP contribution in [0.5, 0.6) is 0 Å². The minimum Gasteiger partial charge on any atom is -0.300 e. The maximum atomic E-state index is 11.2. The summed E-state index contributed by atoms with van der Waals surface area (Å²) in [5.74, 6) is 0.820. The summed E-state index contributed by atoms with van der Waals surface area (Å²) in [6, 6.07) is 6.07. The Morgan fingerprint density at radius 2 is 2.21 bits per heavy atom. The van der Waals surface area contributed by atoms with Crippen LogP contribution in [-0.2, 0) is 4.79 Å². The fourth-order valence-electron chi connectivity index (χ4n) is 2.02. The van der Waals surface area contributed by atoms with Crippen molar-refractivity contribution in [1.82, 2.24) is 0 Å². The molecular formula is C12H13ClO. The Balaban J connectivity index is 2.24. The molecule has 0 aliphatic heterocycles. The molecule has 1 aliphatic rings. The van der Waals surface area contributed by atoms with Gasteiger partial charge in [-0.05, 0) is 36.5 Å². The average Bonchev–Trinajstić information content (AvgIpc) is 2.57. The van der Waals surface area contributed by atoms with Crippen LogP contribution in [0.3, 0.4) is 0 Å². The summed E-state index contributed by atoms with van der Waals surface area (Å²) >= 11 is 5.95. The van der Waals surface area contributed by atoms with Crippen molar-refractivity contribution in [3.05, 3.63) is 34.3 Å².